The smallest absolute Gasteiger partial charge is 0.311 e. The Hall–Kier alpha value is -2.65. The summed E-state index contributed by atoms with van der Waals surface area (Å²) in [5.41, 5.74) is -0.0532. The fraction of sp³-hybridized carbons (Fsp3) is 0.188. The van der Waals surface area contributed by atoms with Crippen molar-refractivity contribution in [2.75, 3.05) is 30.1 Å². The molecule has 0 spiro atoms. The molecule has 0 unspecified atom stereocenters. The highest BCUT2D eigenvalue weighted by atomic mass is 35.5. The number of sulfone groups is 1. The minimum absolute atomic E-state index is 0.0270. The zero-order valence-electron chi connectivity index (χ0n) is 14.0. The summed E-state index contributed by atoms with van der Waals surface area (Å²) in [6.45, 7) is -0.222. The Balaban J connectivity index is 2.28. The molecule has 0 fully saturated rings. The van der Waals surface area contributed by atoms with Crippen molar-refractivity contribution in [3.8, 4) is 0 Å². The van der Waals surface area contributed by atoms with Gasteiger partial charge in [0.15, 0.2) is 9.84 Å². The number of nitrogens with one attached hydrogen (secondary N) is 1. The lowest BCUT2D eigenvalue weighted by Gasteiger charge is -2.19. The molecule has 0 atom stereocenters. The van der Waals surface area contributed by atoms with Crippen LogP contribution in [0, 0.1) is 10.1 Å². The number of rotatable bonds is 6. The quantitative estimate of drug-likeness (QED) is 0.592. The highest BCUT2D eigenvalue weighted by molar-refractivity contribution is 7.90. The Morgan fingerprint density at radius 3 is 2.50 bits per heavy atom. The summed E-state index contributed by atoms with van der Waals surface area (Å²) in [5.74, 6) is -0.436. The molecule has 0 bridgehead atoms. The van der Waals surface area contributed by atoms with E-state index in [1.54, 1.807) is 24.3 Å². The summed E-state index contributed by atoms with van der Waals surface area (Å²) < 4.78 is 23.6. The van der Waals surface area contributed by atoms with E-state index in [2.05, 4.69) is 5.32 Å². The average molecular weight is 398 g/mol. The fourth-order valence-corrected chi connectivity index (χ4v) is 3.42. The number of anilines is 2. The molecule has 0 aliphatic carbocycles. The van der Waals surface area contributed by atoms with Crippen molar-refractivity contribution in [3.05, 3.63) is 57.6 Å². The van der Waals surface area contributed by atoms with Gasteiger partial charge in [-0.25, -0.2) is 8.42 Å². The van der Waals surface area contributed by atoms with Gasteiger partial charge in [0.2, 0.25) is 5.91 Å². The lowest BCUT2D eigenvalue weighted by atomic mass is 10.2. The molecule has 0 aromatic heterocycles. The Bertz CT molecular complexity index is 962. The number of nitrogens with zero attached hydrogens (tertiary/aromatic N) is 2. The van der Waals surface area contributed by atoms with Crippen LogP contribution >= 0.6 is 11.6 Å². The summed E-state index contributed by atoms with van der Waals surface area (Å²) in [7, 11) is -2.34. The number of hydrogen-bond acceptors (Lipinski definition) is 6. The number of nitro groups is 1. The van der Waals surface area contributed by atoms with Gasteiger partial charge in [-0.2, -0.15) is 0 Å². The van der Waals surface area contributed by atoms with Crippen LogP contribution in [-0.2, 0) is 14.6 Å². The maximum atomic E-state index is 12.2. The Morgan fingerprint density at radius 2 is 1.92 bits per heavy atom. The van der Waals surface area contributed by atoms with Crippen molar-refractivity contribution in [1.29, 1.82) is 0 Å². The van der Waals surface area contributed by atoms with E-state index in [9.17, 15) is 23.3 Å². The first-order chi connectivity index (χ1) is 12.1. The predicted octanol–water partition coefficient (Wildman–Crippen LogP) is 2.73. The molecule has 0 aliphatic rings. The van der Waals surface area contributed by atoms with Gasteiger partial charge in [0.25, 0.3) is 0 Å². The molecule has 138 valence electrons. The molecule has 2 rings (SSSR count). The van der Waals surface area contributed by atoms with E-state index in [-0.39, 0.29) is 12.2 Å². The predicted molar refractivity (Wildman–Crippen MR) is 99.6 cm³/mol. The zero-order chi connectivity index (χ0) is 19.5. The maximum absolute atomic E-state index is 12.2. The molecule has 2 aromatic carbocycles. The molecule has 0 heterocycles. The maximum Gasteiger partial charge on any atom is 0.311 e. The van der Waals surface area contributed by atoms with E-state index in [1.165, 1.54) is 24.1 Å². The van der Waals surface area contributed by atoms with E-state index < -0.39 is 31.3 Å². The van der Waals surface area contributed by atoms with Crippen LogP contribution in [0.4, 0.5) is 17.1 Å². The SMILES string of the molecule is CN(CC(=O)Nc1cccc(Cl)c1)c1cccc(S(C)(=O)=O)c1[N+](=O)[O-]. The van der Waals surface area contributed by atoms with E-state index >= 15 is 0 Å². The Kier molecular flexibility index (Phi) is 5.83. The summed E-state index contributed by atoms with van der Waals surface area (Å²) >= 11 is 5.85. The molecule has 0 saturated heterocycles. The van der Waals surface area contributed by atoms with Gasteiger partial charge in [0.05, 0.1) is 11.5 Å². The third-order valence-corrected chi connectivity index (χ3v) is 4.82. The fourth-order valence-electron chi connectivity index (χ4n) is 2.37. The number of para-hydroxylation sites is 1. The third-order valence-electron chi connectivity index (χ3n) is 3.46. The van der Waals surface area contributed by atoms with Crippen LogP contribution < -0.4 is 10.2 Å². The first-order valence-corrected chi connectivity index (χ1v) is 9.60. The summed E-state index contributed by atoms with van der Waals surface area (Å²) in [4.78, 5) is 23.7. The van der Waals surface area contributed by atoms with Crippen LogP contribution in [0.25, 0.3) is 0 Å². The minimum Gasteiger partial charge on any atom is -0.360 e. The zero-order valence-corrected chi connectivity index (χ0v) is 15.5. The highest BCUT2D eigenvalue weighted by Gasteiger charge is 2.28. The van der Waals surface area contributed by atoms with Gasteiger partial charge in [-0.15, -0.1) is 0 Å². The molecule has 2 aromatic rings. The van der Waals surface area contributed by atoms with Crippen molar-refractivity contribution in [3.63, 3.8) is 0 Å². The molecule has 10 heteroatoms. The summed E-state index contributed by atoms with van der Waals surface area (Å²) in [6, 6.07) is 10.5. The van der Waals surface area contributed by atoms with Crippen LogP contribution in [0.3, 0.4) is 0 Å². The second-order valence-corrected chi connectivity index (χ2v) is 7.99. The number of hydrogen-bond donors (Lipinski definition) is 1. The van der Waals surface area contributed by atoms with Gasteiger partial charge in [-0.05, 0) is 30.3 Å². The molecule has 0 radical (unpaired) electrons. The van der Waals surface area contributed by atoms with E-state index in [1.807, 2.05) is 0 Å². The molecule has 0 aliphatic heterocycles. The van der Waals surface area contributed by atoms with Crippen molar-refractivity contribution in [2.45, 2.75) is 4.90 Å². The molecule has 26 heavy (non-hydrogen) atoms. The second kappa shape index (κ2) is 7.71. The molecule has 1 N–H and O–H groups in total. The van der Waals surface area contributed by atoms with Crippen molar-refractivity contribution in [1.82, 2.24) is 0 Å². The van der Waals surface area contributed by atoms with Gasteiger partial charge in [-0.1, -0.05) is 23.7 Å². The molecule has 1 amide bonds. The molecule has 8 nitrogen and oxygen atoms in total. The largest absolute Gasteiger partial charge is 0.360 e. The van der Waals surface area contributed by atoms with Gasteiger partial charge in [0.1, 0.15) is 10.6 Å². The number of carbonyl (C=O) groups excluding carboxylic acids is 1. The van der Waals surface area contributed by atoms with Crippen molar-refractivity contribution < 1.29 is 18.1 Å². The summed E-state index contributed by atoms with van der Waals surface area (Å²) in [5, 5.41) is 14.5. The lowest BCUT2D eigenvalue weighted by molar-refractivity contribution is -0.387. The highest BCUT2D eigenvalue weighted by Crippen LogP contribution is 2.34. The van der Waals surface area contributed by atoms with Gasteiger partial charge >= 0.3 is 5.69 Å². The number of nitro benzene ring substituents is 1. The number of benzene rings is 2. The minimum atomic E-state index is -3.80. The van der Waals surface area contributed by atoms with Crippen molar-refractivity contribution in [2.24, 2.45) is 0 Å². The van der Waals surface area contributed by atoms with E-state index in [0.717, 1.165) is 12.3 Å². The van der Waals surface area contributed by atoms with Crippen LogP contribution in [0.1, 0.15) is 0 Å². The number of likely N-dealkylation sites (N-methyl/N-ethyl adjacent to an activating group) is 1. The Morgan fingerprint density at radius 1 is 1.27 bits per heavy atom. The van der Waals surface area contributed by atoms with Crippen LogP contribution in [0.5, 0.6) is 0 Å². The first kappa shape index (κ1) is 19.7. The van der Waals surface area contributed by atoms with Gasteiger partial charge in [-0.3, -0.25) is 14.9 Å². The molecular weight excluding hydrogens is 382 g/mol. The summed E-state index contributed by atoms with van der Waals surface area (Å²) in [6.07, 6.45) is 0.894. The molecular formula is C16H16ClN3O5S. The van der Waals surface area contributed by atoms with Crippen LogP contribution in [0.15, 0.2) is 47.4 Å². The monoisotopic (exact) mass is 397 g/mol. The second-order valence-electron chi connectivity index (χ2n) is 5.57. The van der Waals surface area contributed by atoms with Crippen molar-refractivity contribution >= 4 is 44.4 Å². The van der Waals surface area contributed by atoms with Crippen LogP contribution in [0.2, 0.25) is 5.02 Å². The number of halogens is 1. The molecule has 0 saturated carbocycles. The number of amides is 1. The average Bonchev–Trinajstić information content (AvgIpc) is 2.53. The van der Waals surface area contributed by atoms with Gasteiger partial charge < -0.3 is 10.2 Å². The first-order valence-electron chi connectivity index (χ1n) is 7.33. The standard InChI is InChI=1S/C16H16ClN3O5S/c1-19(10-15(21)18-12-6-3-5-11(17)9-12)13-7-4-8-14(26(2,24)25)16(13)20(22)23/h3-9H,10H2,1-2H3,(H,18,21). The normalized spacial score (nSPS) is 11.0. The van der Waals surface area contributed by atoms with Crippen LogP contribution in [-0.4, -0.2) is 39.1 Å². The van der Waals surface area contributed by atoms with E-state index in [0.29, 0.717) is 10.7 Å². The topological polar surface area (TPSA) is 110 Å². The number of carbonyl (C=O) groups is 1. The lowest BCUT2D eigenvalue weighted by Crippen LogP contribution is -2.30. The van der Waals surface area contributed by atoms with Gasteiger partial charge in [0, 0.05) is 24.0 Å². The third kappa shape index (κ3) is 4.70. The Labute approximate surface area is 155 Å². The van der Waals surface area contributed by atoms with E-state index in [4.69, 9.17) is 11.6 Å².